The van der Waals surface area contributed by atoms with Gasteiger partial charge in [0.1, 0.15) is 18.2 Å². The van der Waals surface area contributed by atoms with Crippen LogP contribution < -0.4 is 4.74 Å². The molecule has 0 saturated heterocycles. The molecule has 210 valence electrons. The molecule has 0 spiro atoms. The van der Waals surface area contributed by atoms with Crippen molar-refractivity contribution < 1.29 is 28.6 Å². The first kappa shape index (κ1) is 27.8. The van der Waals surface area contributed by atoms with Crippen molar-refractivity contribution >= 4 is 17.5 Å². The lowest BCUT2D eigenvalue weighted by molar-refractivity contribution is -0.137. The molecule has 0 saturated carbocycles. The van der Waals surface area contributed by atoms with E-state index in [0.29, 0.717) is 48.1 Å². The Morgan fingerprint density at radius 1 is 0.925 bits per heavy atom. The van der Waals surface area contributed by atoms with E-state index in [1.165, 1.54) is 12.1 Å². The first-order chi connectivity index (χ1) is 18.8. The Morgan fingerprint density at radius 2 is 1.50 bits per heavy atom. The molecule has 5 rings (SSSR count). The number of nitrogens with zero attached hydrogens (tertiary/aromatic N) is 1. The van der Waals surface area contributed by atoms with Crippen LogP contribution in [-0.4, -0.2) is 34.1 Å². The van der Waals surface area contributed by atoms with Gasteiger partial charge in [0.25, 0.3) is 0 Å². The molecule has 0 atom stereocenters. The predicted octanol–water partition coefficient (Wildman–Crippen LogP) is 6.57. The van der Waals surface area contributed by atoms with Crippen molar-refractivity contribution in [2.75, 3.05) is 6.54 Å². The molecule has 0 unspecified atom stereocenters. The number of benzene rings is 2. The highest BCUT2D eigenvalue weighted by Gasteiger charge is 2.48. The highest BCUT2D eigenvalue weighted by molar-refractivity contribution is 6.06. The third kappa shape index (κ3) is 5.60. The molecule has 0 bridgehead atoms. The molecule has 2 aliphatic carbocycles. The highest BCUT2D eigenvalue weighted by Crippen LogP contribution is 2.54. The van der Waals surface area contributed by atoms with Gasteiger partial charge in [-0.3, -0.25) is 14.4 Å². The van der Waals surface area contributed by atoms with Crippen molar-refractivity contribution in [3.63, 3.8) is 0 Å². The molecule has 7 heteroatoms. The quantitative estimate of drug-likeness (QED) is 0.424. The second-order valence-corrected chi connectivity index (χ2v) is 12.8. The molecule has 2 aromatic rings. The molecule has 0 fully saturated rings. The molecular weight excluding hydrogens is 509 g/mol. The maximum atomic E-state index is 13.8. The lowest BCUT2D eigenvalue weighted by Gasteiger charge is -2.49. The smallest absolute Gasteiger partial charge is 0.305 e. The van der Waals surface area contributed by atoms with Crippen molar-refractivity contribution in [1.29, 1.82) is 0 Å². The Labute approximate surface area is 234 Å². The number of carbonyl (C=O) groups is 3. The molecule has 1 aliphatic heterocycles. The SMILES string of the molecule is CC1(C)CC(=O)C2=C(C1)N(CCC(=O)O)C1=C(C(=O)CC(C)(C)C1)C2c1ccc(OCc2cccc(F)c2)cc1. The maximum Gasteiger partial charge on any atom is 0.305 e. The van der Waals surface area contributed by atoms with Gasteiger partial charge in [0, 0.05) is 47.8 Å². The van der Waals surface area contributed by atoms with Gasteiger partial charge in [-0.15, -0.1) is 0 Å². The molecule has 6 nitrogen and oxygen atoms in total. The van der Waals surface area contributed by atoms with Crippen molar-refractivity contribution in [1.82, 2.24) is 4.90 Å². The third-order valence-corrected chi connectivity index (χ3v) is 8.08. The summed E-state index contributed by atoms with van der Waals surface area (Å²) >= 11 is 0. The fourth-order valence-corrected chi connectivity index (χ4v) is 6.41. The number of rotatable bonds is 7. The van der Waals surface area contributed by atoms with Gasteiger partial charge in [-0.1, -0.05) is 52.0 Å². The van der Waals surface area contributed by atoms with E-state index in [4.69, 9.17) is 4.74 Å². The topological polar surface area (TPSA) is 83.9 Å². The molecule has 1 heterocycles. The van der Waals surface area contributed by atoms with E-state index in [9.17, 15) is 23.9 Å². The summed E-state index contributed by atoms with van der Waals surface area (Å²) < 4.78 is 19.4. The maximum absolute atomic E-state index is 13.8. The normalized spacial score (nSPS) is 20.4. The Balaban J connectivity index is 1.56. The monoisotopic (exact) mass is 545 g/mol. The molecule has 2 aromatic carbocycles. The van der Waals surface area contributed by atoms with Gasteiger partial charge in [-0.2, -0.15) is 0 Å². The lowest BCUT2D eigenvalue weighted by Crippen LogP contribution is -2.45. The number of carbonyl (C=O) groups excluding carboxylic acids is 2. The zero-order chi connectivity index (χ0) is 28.8. The Bertz CT molecular complexity index is 1380. The molecule has 0 aromatic heterocycles. The van der Waals surface area contributed by atoms with Gasteiger partial charge in [-0.25, -0.2) is 4.39 Å². The van der Waals surface area contributed by atoms with Gasteiger partial charge in [0.15, 0.2) is 11.6 Å². The average Bonchev–Trinajstić information content (AvgIpc) is 2.85. The number of halogens is 1. The van der Waals surface area contributed by atoms with Gasteiger partial charge in [0.2, 0.25) is 0 Å². The minimum absolute atomic E-state index is 0.00666. The summed E-state index contributed by atoms with van der Waals surface area (Å²) in [5.41, 5.74) is 3.93. The van der Waals surface area contributed by atoms with Crippen molar-refractivity contribution in [3.8, 4) is 5.75 Å². The Hall–Kier alpha value is -3.74. The van der Waals surface area contributed by atoms with E-state index in [1.807, 2.05) is 29.2 Å². The number of hydrogen-bond donors (Lipinski definition) is 1. The Kier molecular flexibility index (Phi) is 7.19. The highest BCUT2D eigenvalue weighted by atomic mass is 19.1. The standard InChI is InChI=1S/C33H36FNO5/c1-32(2)15-24-30(26(36)17-32)29(21-8-10-23(11-9-21)40-19-20-6-5-7-22(34)14-20)31-25(35(24)13-12-28(38)39)16-33(3,4)18-27(31)37/h5-11,14,29H,12-13,15-19H2,1-4H3,(H,38,39). The van der Waals surface area contributed by atoms with Crippen LogP contribution in [0.1, 0.15) is 76.8 Å². The van der Waals surface area contributed by atoms with E-state index in [1.54, 1.807) is 12.1 Å². The molecule has 3 aliphatic rings. The van der Waals surface area contributed by atoms with Crippen molar-refractivity contribution in [3.05, 3.63) is 88.0 Å². The van der Waals surface area contributed by atoms with Crippen LogP contribution >= 0.6 is 0 Å². The largest absolute Gasteiger partial charge is 0.489 e. The third-order valence-electron chi connectivity index (χ3n) is 8.08. The first-order valence-electron chi connectivity index (χ1n) is 13.8. The van der Waals surface area contributed by atoms with Crippen molar-refractivity contribution in [2.45, 2.75) is 72.3 Å². The van der Waals surface area contributed by atoms with E-state index in [2.05, 4.69) is 27.7 Å². The summed E-state index contributed by atoms with van der Waals surface area (Å²) in [6.45, 7) is 8.67. The number of carboxylic acids is 1. The van der Waals surface area contributed by atoms with Crippen LogP contribution in [0.4, 0.5) is 4.39 Å². The van der Waals surface area contributed by atoms with Crippen LogP contribution in [0.25, 0.3) is 0 Å². The lowest BCUT2D eigenvalue weighted by atomic mass is 9.63. The molecule has 40 heavy (non-hydrogen) atoms. The van der Waals surface area contributed by atoms with E-state index in [-0.39, 0.29) is 47.8 Å². The minimum Gasteiger partial charge on any atom is -0.489 e. The van der Waals surface area contributed by atoms with E-state index < -0.39 is 11.9 Å². The van der Waals surface area contributed by atoms with Gasteiger partial charge >= 0.3 is 5.97 Å². The number of hydrogen-bond acceptors (Lipinski definition) is 5. The molecule has 0 radical (unpaired) electrons. The zero-order valence-electron chi connectivity index (χ0n) is 23.6. The second kappa shape index (κ2) is 10.3. The first-order valence-corrected chi connectivity index (χ1v) is 13.8. The minimum atomic E-state index is -0.914. The number of Topliss-reactive ketones (excluding diaryl/α,β-unsaturated/α-hetero) is 2. The summed E-state index contributed by atoms with van der Waals surface area (Å²) in [6.07, 6.45) is 1.91. The summed E-state index contributed by atoms with van der Waals surface area (Å²) in [5.74, 6) is -1.12. The molecule has 1 N–H and O–H groups in total. The van der Waals surface area contributed by atoms with Gasteiger partial charge < -0.3 is 14.7 Å². The number of carboxylic acid groups (broad SMARTS) is 1. The van der Waals surface area contributed by atoms with Crippen LogP contribution in [0.2, 0.25) is 0 Å². The summed E-state index contributed by atoms with van der Waals surface area (Å²) in [4.78, 5) is 41.2. The van der Waals surface area contributed by atoms with Gasteiger partial charge in [0.05, 0.1) is 6.42 Å². The summed E-state index contributed by atoms with van der Waals surface area (Å²) in [5, 5.41) is 9.51. The number of ether oxygens (including phenoxy) is 1. The van der Waals surface area contributed by atoms with Crippen LogP contribution in [0.15, 0.2) is 71.1 Å². The second-order valence-electron chi connectivity index (χ2n) is 12.8. The number of allylic oxidation sites excluding steroid dienone is 4. The van der Waals surface area contributed by atoms with Crippen LogP contribution in [-0.2, 0) is 21.0 Å². The predicted molar refractivity (Wildman–Crippen MR) is 149 cm³/mol. The fourth-order valence-electron chi connectivity index (χ4n) is 6.41. The number of ketones is 2. The van der Waals surface area contributed by atoms with Crippen LogP contribution in [0, 0.1) is 16.6 Å². The van der Waals surface area contributed by atoms with E-state index >= 15 is 0 Å². The molecule has 0 amide bonds. The zero-order valence-corrected chi connectivity index (χ0v) is 23.6. The molecular formula is C33H36FNO5. The summed E-state index contributed by atoms with van der Waals surface area (Å²) in [6, 6.07) is 13.7. The van der Waals surface area contributed by atoms with Crippen LogP contribution in [0.5, 0.6) is 5.75 Å². The number of aliphatic carboxylic acids is 1. The van der Waals surface area contributed by atoms with Crippen LogP contribution in [0.3, 0.4) is 0 Å². The Morgan fingerprint density at radius 3 is 2.02 bits per heavy atom. The van der Waals surface area contributed by atoms with E-state index in [0.717, 1.165) is 17.0 Å². The fraction of sp³-hybridized carbons (Fsp3) is 0.424. The van der Waals surface area contributed by atoms with Crippen molar-refractivity contribution in [2.24, 2.45) is 10.8 Å². The summed E-state index contributed by atoms with van der Waals surface area (Å²) in [7, 11) is 0. The van der Waals surface area contributed by atoms with Gasteiger partial charge in [-0.05, 0) is 59.1 Å². The average molecular weight is 546 g/mol.